The first-order valence-electron chi connectivity index (χ1n) is 9.49. The van der Waals surface area contributed by atoms with Crippen LogP contribution in [0.2, 0.25) is 0 Å². The van der Waals surface area contributed by atoms with Crippen LogP contribution in [-0.4, -0.2) is 54.8 Å². The Bertz CT molecular complexity index is 778. The third-order valence-corrected chi connectivity index (χ3v) is 6.05. The third kappa shape index (κ3) is 3.10. The zero-order valence-electron chi connectivity index (χ0n) is 15.3. The summed E-state index contributed by atoms with van der Waals surface area (Å²) in [7, 11) is 1.75. The van der Waals surface area contributed by atoms with Crippen molar-refractivity contribution in [2.45, 2.75) is 31.3 Å². The van der Waals surface area contributed by atoms with E-state index in [0.29, 0.717) is 5.92 Å². The number of piperidine rings is 1. The van der Waals surface area contributed by atoms with Gasteiger partial charge in [0.1, 0.15) is 0 Å². The summed E-state index contributed by atoms with van der Waals surface area (Å²) >= 11 is 0. The van der Waals surface area contributed by atoms with Gasteiger partial charge in [-0.25, -0.2) is 0 Å². The van der Waals surface area contributed by atoms with Crippen LogP contribution in [0.5, 0.6) is 0 Å². The van der Waals surface area contributed by atoms with E-state index >= 15 is 0 Å². The van der Waals surface area contributed by atoms with Crippen LogP contribution in [0.1, 0.15) is 36.0 Å². The Hall–Kier alpha value is -1.98. The molecule has 1 unspecified atom stereocenters. The Labute approximate surface area is 154 Å². The number of ether oxygens (including phenoxy) is 2. The number of aromatic nitrogens is 1. The first kappa shape index (κ1) is 17.4. The van der Waals surface area contributed by atoms with E-state index in [1.807, 2.05) is 35.2 Å². The monoisotopic (exact) mass is 354 g/mol. The van der Waals surface area contributed by atoms with Crippen LogP contribution in [0.25, 0.3) is 10.9 Å². The van der Waals surface area contributed by atoms with Crippen LogP contribution in [-0.2, 0) is 9.47 Å². The van der Waals surface area contributed by atoms with E-state index in [9.17, 15) is 4.79 Å². The number of rotatable bonds is 4. The lowest BCUT2D eigenvalue weighted by atomic mass is 9.78. The molecule has 2 fully saturated rings. The molecule has 4 rings (SSSR count). The smallest absolute Gasteiger partial charge is 0.254 e. The van der Waals surface area contributed by atoms with Gasteiger partial charge in [0.15, 0.2) is 0 Å². The van der Waals surface area contributed by atoms with Gasteiger partial charge in [-0.3, -0.25) is 9.78 Å². The van der Waals surface area contributed by atoms with Gasteiger partial charge in [0, 0.05) is 45.0 Å². The number of hydrogen-bond donors (Lipinski definition) is 0. The van der Waals surface area contributed by atoms with Crippen molar-refractivity contribution in [3.8, 4) is 0 Å². The number of fused-ring (bicyclic) bond motifs is 1. The summed E-state index contributed by atoms with van der Waals surface area (Å²) in [5.74, 6) is 0.645. The number of benzene rings is 1. The molecule has 1 amide bonds. The van der Waals surface area contributed by atoms with Crippen LogP contribution < -0.4 is 0 Å². The van der Waals surface area contributed by atoms with E-state index in [0.717, 1.165) is 68.5 Å². The van der Waals surface area contributed by atoms with Gasteiger partial charge in [-0.1, -0.05) is 18.2 Å². The van der Waals surface area contributed by atoms with E-state index in [1.54, 1.807) is 13.3 Å². The summed E-state index contributed by atoms with van der Waals surface area (Å²) in [5, 5.41) is 0.926. The number of likely N-dealkylation sites (tertiary alicyclic amines) is 1. The average molecular weight is 354 g/mol. The molecule has 1 spiro atoms. The van der Waals surface area contributed by atoms with Crippen molar-refractivity contribution in [3.63, 3.8) is 0 Å². The van der Waals surface area contributed by atoms with Crippen molar-refractivity contribution in [2.24, 2.45) is 5.92 Å². The largest absolute Gasteiger partial charge is 0.385 e. The standard InChI is InChI=1S/C21H26N2O3/c1-25-14-7-16-8-15-26-21(16)9-12-23(13-10-21)20(24)18-6-11-22-19-5-3-2-4-17(18)19/h2-6,11,16H,7-10,12-15H2,1H3. The van der Waals surface area contributed by atoms with Crippen LogP contribution >= 0.6 is 0 Å². The van der Waals surface area contributed by atoms with Gasteiger partial charge >= 0.3 is 0 Å². The Kier molecular flexibility index (Phi) is 4.92. The topological polar surface area (TPSA) is 51.7 Å². The van der Waals surface area contributed by atoms with E-state index in [1.165, 1.54) is 0 Å². The molecule has 5 nitrogen and oxygen atoms in total. The molecule has 0 aliphatic carbocycles. The second-order valence-electron chi connectivity index (χ2n) is 7.35. The summed E-state index contributed by atoms with van der Waals surface area (Å²) in [5.41, 5.74) is 1.55. The van der Waals surface area contributed by atoms with Gasteiger partial charge < -0.3 is 14.4 Å². The van der Waals surface area contributed by atoms with E-state index in [2.05, 4.69) is 4.98 Å². The van der Waals surface area contributed by atoms with Gasteiger partial charge in [-0.15, -0.1) is 0 Å². The predicted octanol–water partition coefficient (Wildman–Crippen LogP) is 3.28. The maximum atomic E-state index is 13.1. The van der Waals surface area contributed by atoms with Crippen molar-refractivity contribution in [2.75, 3.05) is 33.4 Å². The molecule has 26 heavy (non-hydrogen) atoms. The van der Waals surface area contributed by atoms with Crippen molar-refractivity contribution >= 4 is 16.8 Å². The lowest BCUT2D eigenvalue weighted by Crippen LogP contribution is -2.49. The minimum Gasteiger partial charge on any atom is -0.385 e. The summed E-state index contributed by atoms with van der Waals surface area (Å²) in [6.07, 6.45) is 5.69. The Morgan fingerprint density at radius 3 is 2.92 bits per heavy atom. The molecule has 2 saturated heterocycles. The van der Waals surface area contributed by atoms with Gasteiger partial charge in [0.05, 0.1) is 16.7 Å². The van der Waals surface area contributed by atoms with Gasteiger partial charge in [0.25, 0.3) is 5.91 Å². The number of hydrogen-bond acceptors (Lipinski definition) is 4. The number of carbonyl (C=O) groups excluding carboxylic acids is 1. The molecule has 0 bridgehead atoms. The molecular weight excluding hydrogens is 328 g/mol. The van der Waals surface area contributed by atoms with Crippen LogP contribution in [0.3, 0.4) is 0 Å². The number of amides is 1. The second-order valence-corrected chi connectivity index (χ2v) is 7.35. The SMILES string of the molecule is COCCC1CCOC12CCN(C(=O)c1ccnc3ccccc13)CC2. The van der Waals surface area contributed by atoms with Crippen molar-refractivity contribution in [1.29, 1.82) is 0 Å². The van der Waals surface area contributed by atoms with Crippen molar-refractivity contribution in [1.82, 2.24) is 9.88 Å². The summed E-state index contributed by atoms with van der Waals surface area (Å²) in [4.78, 5) is 19.4. The minimum absolute atomic E-state index is 0.0599. The highest BCUT2D eigenvalue weighted by Gasteiger charge is 2.46. The van der Waals surface area contributed by atoms with Crippen molar-refractivity contribution in [3.05, 3.63) is 42.1 Å². The zero-order chi connectivity index (χ0) is 18.0. The highest BCUT2D eigenvalue weighted by molar-refractivity contribution is 6.06. The molecule has 138 valence electrons. The van der Waals surface area contributed by atoms with E-state index in [4.69, 9.17) is 9.47 Å². The Balaban J connectivity index is 1.48. The first-order valence-corrected chi connectivity index (χ1v) is 9.49. The molecule has 2 aliphatic heterocycles. The fraction of sp³-hybridized carbons (Fsp3) is 0.524. The molecule has 1 aromatic heterocycles. The maximum Gasteiger partial charge on any atom is 0.254 e. The lowest BCUT2D eigenvalue weighted by molar-refractivity contribution is -0.0661. The summed E-state index contributed by atoms with van der Waals surface area (Å²) in [6.45, 7) is 3.11. The lowest BCUT2D eigenvalue weighted by Gasteiger charge is -2.42. The van der Waals surface area contributed by atoms with E-state index < -0.39 is 0 Å². The Morgan fingerprint density at radius 1 is 1.31 bits per heavy atom. The fourth-order valence-corrected chi connectivity index (χ4v) is 4.55. The molecule has 1 aromatic carbocycles. The number of nitrogens with zero attached hydrogens (tertiary/aromatic N) is 2. The van der Waals surface area contributed by atoms with E-state index in [-0.39, 0.29) is 11.5 Å². The second kappa shape index (κ2) is 7.33. The maximum absolute atomic E-state index is 13.1. The molecule has 2 aliphatic rings. The number of pyridine rings is 1. The highest BCUT2D eigenvalue weighted by Crippen LogP contribution is 2.42. The average Bonchev–Trinajstić information content (AvgIpc) is 3.08. The molecule has 3 heterocycles. The molecule has 2 aromatic rings. The first-order chi connectivity index (χ1) is 12.7. The molecule has 5 heteroatoms. The molecule has 0 saturated carbocycles. The molecule has 0 N–H and O–H groups in total. The van der Waals surface area contributed by atoms with Crippen LogP contribution in [0.15, 0.2) is 36.5 Å². The number of carbonyl (C=O) groups is 1. The predicted molar refractivity (Wildman–Crippen MR) is 100 cm³/mol. The van der Waals surface area contributed by atoms with Gasteiger partial charge in [-0.05, 0) is 43.7 Å². The quantitative estimate of drug-likeness (QED) is 0.845. The molecular formula is C21H26N2O3. The van der Waals surface area contributed by atoms with Gasteiger partial charge in [0.2, 0.25) is 0 Å². The molecule has 1 atom stereocenters. The number of para-hydroxylation sites is 1. The number of methoxy groups -OCH3 is 1. The normalized spacial score (nSPS) is 22.2. The van der Waals surface area contributed by atoms with Crippen LogP contribution in [0.4, 0.5) is 0 Å². The zero-order valence-corrected chi connectivity index (χ0v) is 15.3. The van der Waals surface area contributed by atoms with Gasteiger partial charge in [-0.2, -0.15) is 0 Å². The highest BCUT2D eigenvalue weighted by atomic mass is 16.5. The van der Waals surface area contributed by atoms with Crippen molar-refractivity contribution < 1.29 is 14.3 Å². The minimum atomic E-state index is -0.0599. The summed E-state index contributed by atoms with van der Waals surface area (Å²) < 4.78 is 11.5. The fourth-order valence-electron chi connectivity index (χ4n) is 4.55. The summed E-state index contributed by atoms with van der Waals surface area (Å²) in [6, 6.07) is 9.67. The Morgan fingerprint density at radius 2 is 2.12 bits per heavy atom. The van der Waals surface area contributed by atoms with Crippen LogP contribution in [0, 0.1) is 5.92 Å². The third-order valence-electron chi connectivity index (χ3n) is 6.05. The molecule has 0 radical (unpaired) electrons.